The summed E-state index contributed by atoms with van der Waals surface area (Å²) in [6.07, 6.45) is 0. The van der Waals surface area contributed by atoms with Gasteiger partial charge < -0.3 is 10.2 Å². The van der Waals surface area contributed by atoms with Gasteiger partial charge in [0.15, 0.2) is 5.78 Å². The van der Waals surface area contributed by atoms with Crippen molar-refractivity contribution in [3.63, 3.8) is 0 Å². The normalized spacial score (nSPS) is 13.6. The summed E-state index contributed by atoms with van der Waals surface area (Å²) in [5, 5.41) is 2.80. The molecular weight excluding hydrogens is 264 g/mol. The highest BCUT2D eigenvalue weighted by Gasteiger charge is 2.20. The highest BCUT2D eigenvalue weighted by molar-refractivity contribution is 6.09. The van der Waals surface area contributed by atoms with Crippen molar-refractivity contribution < 1.29 is 9.59 Å². The van der Waals surface area contributed by atoms with Gasteiger partial charge in [0.05, 0.1) is 0 Å². The Kier molecular flexibility index (Phi) is 3.22. The minimum Gasteiger partial charge on any atom is -0.323 e. The number of anilines is 1. The van der Waals surface area contributed by atoms with E-state index in [0.717, 1.165) is 16.8 Å². The fourth-order valence-electron chi connectivity index (χ4n) is 2.48. The number of urea groups is 1. The third-order valence-corrected chi connectivity index (χ3v) is 3.64. The van der Waals surface area contributed by atoms with E-state index in [4.69, 9.17) is 0 Å². The zero-order valence-electron chi connectivity index (χ0n) is 12.0. The van der Waals surface area contributed by atoms with E-state index in [-0.39, 0.29) is 11.8 Å². The molecule has 0 radical (unpaired) electrons. The maximum atomic E-state index is 12.5. The SMILES string of the molecule is Cc1cccc(C(=O)c2ccc3c(c2)CN(C)C(=O)N3)c1. The van der Waals surface area contributed by atoms with Crippen molar-refractivity contribution in [2.45, 2.75) is 13.5 Å². The van der Waals surface area contributed by atoms with Gasteiger partial charge in [-0.2, -0.15) is 0 Å². The van der Waals surface area contributed by atoms with Gasteiger partial charge in [-0.15, -0.1) is 0 Å². The van der Waals surface area contributed by atoms with E-state index in [9.17, 15) is 9.59 Å². The van der Waals surface area contributed by atoms with Gasteiger partial charge in [-0.25, -0.2) is 4.79 Å². The molecule has 4 nitrogen and oxygen atoms in total. The Morgan fingerprint density at radius 3 is 2.67 bits per heavy atom. The van der Waals surface area contributed by atoms with Crippen LogP contribution in [0.4, 0.5) is 10.5 Å². The number of aryl methyl sites for hydroxylation is 1. The minimum absolute atomic E-state index is 0.000975. The van der Waals surface area contributed by atoms with Crippen molar-refractivity contribution in [3.05, 3.63) is 64.7 Å². The number of ketones is 1. The number of nitrogens with zero attached hydrogens (tertiary/aromatic N) is 1. The van der Waals surface area contributed by atoms with Crippen molar-refractivity contribution >= 4 is 17.5 Å². The molecule has 2 amide bonds. The average Bonchev–Trinajstić information content (AvgIpc) is 2.47. The van der Waals surface area contributed by atoms with E-state index in [1.165, 1.54) is 0 Å². The summed E-state index contributed by atoms with van der Waals surface area (Å²) in [5.41, 5.74) is 4.12. The Hall–Kier alpha value is -2.62. The lowest BCUT2D eigenvalue weighted by Crippen LogP contribution is -2.35. The molecule has 0 atom stereocenters. The van der Waals surface area contributed by atoms with Crippen LogP contribution in [0.1, 0.15) is 27.0 Å². The van der Waals surface area contributed by atoms with Gasteiger partial charge in [0.1, 0.15) is 0 Å². The van der Waals surface area contributed by atoms with Gasteiger partial charge in [0.25, 0.3) is 0 Å². The van der Waals surface area contributed by atoms with E-state index < -0.39 is 0 Å². The van der Waals surface area contributed by atoms with Crippen molar-refractivity contribution in [3.8, 4) is 0 Å². The average molecular weight is 280 g/mol. The summed E-state index contributed by atoms with van der Waals surface area (Å²) in [7, 11) is 1.73. The summed E-state index contributed by atoms with van der Waals surface area (Å²) in [5.74, 6) is 0.000975. The Morgan fingerprint density at radius 2 is 1.90 bits per heavy atom. The second-order valence-corrected chi connectivity index (χ2v) is 5.36. The van der Waals surface area contributed by atoms with Crippen LogP contribution in [0.15, 0.2) is 42.5 Å². The molecule has 0 aromatic heterocycles. The monoisotopic (exact) mass is 280 g/mol. The molecule has 0 aliphatic carbocycles. The van der Waals surface area contributed by atoms with Crippen LogP contribution in [0.2, 0.25) is 0 Å². The van der Waals surface area contributed by atoms with E-state index in [2.05, 4.69) is 5.32 Å². The molecule has 1 aliphatic heterocycles. The van der Waals surface area contributed by atoms with E-state index in [1.807, 2.05) is 37.3 Å². The van der Waals surface area contributed by atoms with Crippen LogP contribution >= 0.6 is 0 Å². The number of fused-ring (bicyclic) bond motifs is 1. The third-order valence-electron chi connectivity index (χ3n) is 3.64. The Bertz CT molecular complexity index is 737. The highest BCUT2D eigenvalue weighted by Crippen LogP contribution is 2.24. The summed E-state index contributed by atoms with van der Waals surface area (Å²) < 4.78 is 0. The molecule has 0 spiro atoms. The van der Waals surface area contributed by atoms with Gasteiger partial charge in [-0.05, 0) is 36.8 Å². The van der Waals surface area contributed by atoms with Crippen LogP contribution in [-0.4, -0.2) is 23.8 Å². The molecule has 2 aromatic rings. The molecule has 3 rings (SSSR count). The van der Waals surface area contributed by atoms with Crippen LogP contribution in [0, 0.1) is 6.92 Å². The van der Waals surface area contributed by atoms with E-state index >= 15 is 0 Å². The molecule has 2 aromatic carbocycles. The molecule has 1 aliphatic rings. The summed E-state index contributed by atoms with van der Waals surface area (Å²) in [6, 6.07) is 12.8. The Morgan fingerprint density at radius 1 is 1.14 bits per heavy atom. The number of hydrogen-bond acceptors (Lipinski definition) is 2. The van der Waals surface area contributed by atoms with Gasteiger partial charge in [0, 0.05) is 30.4 Å². The molecule has 0 saturated heterocycles. The second-order valence-electron chi connectivity index (χ2n) is 5.36. The van der Waals surface area contributed by atoms with Crippen LogP contribution in [0.3, 0.4) is 0 Å². The molecule has 21 heavy (non-hydrogen) atoms. The van der Waals surface area contributed by atoms with Crippen molar-refractivity contribution in [1.82, 2.24) is 4.90 Å². The zero-order chi connectivity index (χ0) is 15.0. The largest absolute Gasteiger partial charge is 0.323 e. The standard InChI is InChI=1S/C17H16N2O2/c1-11-4-3-5-12(8-11)16(20)13-6-7-15-14(9-13)10-19(2)17(21)18-15/h3-9H,10H2,1-2H3,(H,18,21). The summed E-state index contributed by atoms with van der Waals surface area (Å²) in [6.45, 7) is 2.48. The number of nitrogens with one attached hydrogen (secondary N) is 1. The predicted octanol–water partition coefficient (Wildman–Crippen LogP) is 3.20. The molecule has 0 fully saturated rings. The maximum absolute atomic E-state index is 12.5. The lowest BCUT2D eigenvalue weighted by molar-refractivity contribution is 0.103. The lowest BCUT2D eigenvalue weighted by Gasteiger charge is -2.26. The van der Waals surface area contributed by atoms with Crippen molar-refractivity contribution in [1.29, 1.82) is 0 Å². The number of hydrogen-bond donors (Lipinski definition) is 1. The van der Waals surface area contributed by atoms with Crippen molar-refractivity contribution in [2.75, 3.05) is 12.4 Å². The first-order chi connectivity index (χ1) is 10.0. The minimum atomic E-state index is -0.125. The van der Waals surface area contributed by atoms with Gasteiger partial charge in [-0.3, -0.25) is 4.79 Å². The fraction of sp³-hybridized carbons (Fsp3) is 0.176. The molecule has 1 N–H and O–H groups in total. The Balaban J connectivity index is 1.96. The first-order valence-corrected chi connectivity index (χ1v) is 6.81. The fourth-order valence-corrected chi connectivity index (χ4v) is 2.48. The van der Waals surface area contributed by atoms with Crippen LogP contribution in [-0.2, 0) is 6.54 Å². The smallest absolute Gasteiger partial charge is 0.321 e. The topological polar surface area (TPSA) is 49.4 Å². The third kappa shape index (κ3) is 2.52. The number of benzene rings is 2. The molecule has 106 valence electrons. The van der Waals surface area contributed by atoms with Crippen LogP contribution in [0.5, 0.6) is 0 Å². The molecule has 0 bridgehead atoms. The second kappa shape index (κ2) is 5.05. The number of carbonyl (C=O) groups is 2. The number of amides is 2. The lowest BCUT2D eigenvalue weighted by atomic mass is 9.98. The van der Waals surface area contributed by atoms with Gasteiger partial charge >= 0.3 is 6.03 Å². The first kappa shape index (κ1) is 13.4. The van der Waals surface area contributed by atoms with Crippen LogP contribution < -0.4 is 5.32 Å². The van der Waals surface area contributed by atoms with Crippen molar-refractivity contribution in [2.24, 2.45) is 0 Å². The van der Waals surface area contributed by atoms with E-state index in [1.54, 1.807) is 24.1 Å². The molecule has 0 saturated carbocycles. The molecule has 4 heteroatoms. The first-order valence-electron chi connectivity index (χ1n) is 6.81. The highest BCUT2D eigenvalue weighted by atomic mass is 16.2. The van der Waals surface area contributed by atoms with Crippen LogP contribution in [0.25, 0.3) is 0 Å². The molecular formula is C17H16N2O2. The molecule has 0 unspecified atom stereocenters. The summed E-state index contributed by atoms with van der Waals surface area (Å²) in [4.78, 5) is 25.7. The zero-order valence-corrected chi connectivity index (χ0v) is 12.0. The number of carbonyl (C=O) groups excluding carboxylic acids is 2. The quantitative estimate of drug-likeness (QED) is 0.859. The summed E-state index contributed by atoms with van der Waals surface area (Å²) >= 11 is 0. The molecule has 1 heterocycles. The van der Waals surface area contributed by atoms with Gasteiger partial charge in [-0.1, -0.05) is 23.8 Å². The van der Waals surface area contributed by atoms with Gasteiger partial charge in [0.2, 0.25) is 0 Å². The predicted molar refractivity (Wildman–Crippen MR) is 81.5 cm³/mol. The Labute approximate surface area is 123 Å². The maximum Gasteiger partial charge on any atom is 0.321 e. The number of rotatable bonds is 2. The van der Waals surface area contributed by atoms with E-state index in [0.29, 0.717) is 17.7 Å².